The maximum absolute atomic E-state index is 12.0. The van der Waals surface area contributed by atoms with E-state index in [1.54, 1.807) is 20.8 Å². The van der Waals surface area contributed by atoms with Crippen LogP contribution in [0.25, 0.3) is 0 Å². The van der Waals surface area contributed by atoms with E-state index in [2.05, 4.69) is 0 Å². The normalized spacial score (nSPS) is 30.4. The highest BCUT2D eigenvalue weighted by atomic mass is 16.6. The monoisotopic (exact) mass is 390 g/mol. The Morgan fingerprint density at radius 3 is 1.19 bits per heavy atom. The van der Waals surface area contributed by atoms with Gasteiger partial charge in [0, 0.05) is 19.3 Å². The molecule has 1 aliphatic rings. The zero-order chi connectivity index (χ0) is 20.6. The summed E-state index contributed by atoms with van der Waals surface area (Å²) in [4.78, 5) is 35.8. The highest BCUT2D eigenvalue weighted by Crippen LogP contribution is 2.29. The third kappa shape index (κ3) is 6.44. The van der Waals surface area contributed by atoms with Crippen molar-refractivity contribution in [2.45, 2.75) is 95.9 Å². The summed E-state index contributed by atoms with van der Waals surface area (Å²) in [7, 11) is 0. The van der Waals surface area contributed by atoms with Crippen LogP contribution in [0.15, 0.2) is 0 Å². The summed E-state index contributed by atoms with van der Waals surface area (Å²) in [6, 6.07) is 0. The number of hydrogen-bond donors (Lipinski definition) is 3. The Morgan fingerprint density at radius 1 is 0.593 bits per heavy atom. The topological polar surface area (TPSA) is 140 Å². The molecule has 0 aromatic heterocycles. The SMILES string of the molecule is CCCC(=O)OC1[C@@H](OC(=O)CCC)[C@H](O)C(O)[C@H](O)[C@H]1OC(=O)CCC. The van der Waals surface area contributed by atoms with E-state index in [1.807, 2.05) is 0 Å². The van der Waals surface area contributed by atoms with Crippen LogP contribution >= 0.6 is 0 Å². The minimum absolute atomic E-state index is 0.0521. The minimum Gasteiger partial charge on any atom is -0.455 e. The molecule has 9 heteroatoms. The molecular formula is C18H30O9. The first-order chi connectivity index (χ1) is 12.8. The molecular weight excluding hydrogens is 360 g/mol. The second-order valence-corrected chi connectivity index (χ2v) is 6.59. The van der Waals surface area contributed by atoms with E-state index >= 15 is 0 Å². The standard InChI is InChI=1S/C18H30O9/c1-4-7-10(19)25-16-14(23)13(22)15(24)17(26-11(20)8-5-2)18(16)27-12(21)9-6-3/h13-18,22-24H,4-9H2,1-3H3/t13?,14-,15+,16+,17-,18?. The van der Waals surface area contributed by atoms with Crippen LogP contribution in [0, 0.1) is 0 Å². The van der Waals surface area contributed by atoms with Crippen LogP contribution in [0.2, 0.25) is 0 Å². The summed E-state index contributed by atoms with van der Waals surface area (Å²) in [5.74, 6) is -1.99. The number of carbonyl (C=O) groups excluding carboxylic acids is 3. The zero-order valence-corrected chi connectivity index (χ0v) is 16.0. The molecule has 9 nitrogen and oxygen atoms in total. The van der Waals surface area contributed by atoms with Crippen molar-refractivity contribution < 1.29 is 43.9 Å². The van der Waals surface area contributed by atoms with Gasteiger partial charge in [0.25, 0.3) is 0 Å². The Labute approximate surface area is 158 Å². The first-order valence-corrected chi connectivity index (χ1v) is 9.39. The molecule has 6 atom stereocenters. The van der Waals surface area contributed by atoms with Gasteiger partial charge in [0.15, 0.2) is 18.3 Å². The van der Waals surface area contributed by atoms with Gasteiger partial charge >= 0.3 is 17.9 Å². The molecule has 1 fully saturated rings. The summed E-state index contributed by atoms with van der Waals surface area (Å²) < 4.78 is 15.7. The van der Waals surface area contributed by atoms with Gasteiger partial charge in [-0.05, 0) is 19.3 Å². The number of carbonyl (C=O) groups is 3. The lowest BCUT2D eigenvalue weighted by atomic mass is 9.84. The van der Waals surface area contributed by atoms with Gasteiger partial charge in [-0.1, -0.05) is 20.8 Å². The molecule has 0 aliphatic heterocycles. The van der Waals surface area contributed by atoms with Crippen molar-refractivity contribution in [1.82, 2.24) is 0 Å². The molecule has 27 heavy (non-hydrogen) atoms. The third-order valence-corrected chi connectivity index (χ3v) is 4.19. The quantitative estimate of drug-likeness (QED) is 0.372. The average Bonchev–Trinajstić information content (AvgIpc) is 2.60. The van der Waals surface area contributed by atoms with E-state index in [0.29, 0.717) is 19.3 Å². The largest absolute Gasteiger partial charge is 0.455 e. The van der Waals surface area contributed by atoms with E-state index in [1.165, 1.54) is 0 Å². The van der Waals surface area contributed by atoms with Crippen LogP contribution in [-0.4, -0.2) is 69.9 Å². The van der Waals surface area contributed by atoms with Crippen molar-refractivity contribution in [1.29, 1.82) is 0 Å². The van der Waals surface area contributed by atoms with E-state index in [4.69, 9.17) is 14.2 Å². The first kappa shape index (κ1) is 23.3. The Kier molecular flexibility index (Phi) is 9.68. The predicted molar refractivity (Wildman–Crippen MR) is 92.4 cm³/mol. The molecule has 1 rings (SSSR count). The Hall–Kier alpha value is -1.71. The second-order valence-electron chi connectivity index (χ2n) is 6.59. The van der Waals surface area contributed by atoms with Crippen LogP contribution in [0.5, 0.6) is 0 Å². The minimum atomic E-state index is -1.75. The van der Waals surface area contributed by atoms with Crippen molar-refractivity contribution >= 4 is 17.9 Å². The van der Waals surface area contributed by atoms with Crippen LogP contribution in [0.4, 0.5) is 0 Å². The maximum atomic E-state index is 12.0. The van der Waals surface area contributed by atoms with E-state index < -0.39 is 54.5 Å². The Morgan fingerprint density at radius 2 is 0.889 bits per heavy atom. The highest BCUT2D eigenvalue weighted by Gasteiger charge is 2.55. The van der Waals surface area contributed by atoms with Crippen molar-refractivity contribution in [3.8, 4) is 0 Å². The van der Waals surface area contributed by atoms with E-state index in [-0.39, 0.29) is 19.3 Å². The summed E-state index contributed by atoms with van der Waals surface area (Å²) in [5.41, 5.74) is 0. The molecule has 156 valence electrons. The van der Waals surface area contributed by atoms with Gasteiger partial charge in [0.05, 0.1) is 0 Å². The highest BCUT2D eigenvalue weighted by molar-refractivity contribution is 5.71. The first-order valence-electron chi connectivity index (χ1n) is 9.39. The lowest BCUT2D eigenvalue weighted by Crippen LogP contribution is -2.66. The molecule has 1 saturated carbocycles. The van der Waals surface area contributed by atoms with Crippen LogP contribution in [-0.2, 0) is 28.6 Å². The van der Waals surface area contributed by atoms with Crippen LogP contribution in [0.3, 0.4) is 0 Å². The van der Waals surface area contributed by atoms with Crippen molar-refractivity contribution in [3.63, 3.8) is 0 Å². The van der Waals surface area contributed by atoms with Crippen molar-refractivity contribution in [2.24, 2.45) is 0 Å². The van der Waals surface area contributed by atoms with Gasteiger partial charge in [-0.2, -0.15) is 0 Å². The fourth-order valence-corrected chi connectivity index (χ4v) is 2.82. The summed E-state index contributed by atoms with van der Waals surface area (Å²) in [6.45, 7) is 5.27. The van der Waals surface area contributed by atoms with Gasteiger partial charge in [-0.15, -0.1) is 0 Å². The lowest BCUT2D eigenvalue weighted by molar-refractivity contribution is -0.248. The fourth-order valence-electron chi connectivity index (χ4n) is 2.82. The fraction of sp³-hybridized carbons (Fsp3) is 0.833. The summed E-state index contributed by atoms with van der Waals surface area (Å²) >= 11 is 0. The molecule has 0 saturated heterocycles. The number of esters is 3. The number of aliphatic hydroxyl groups excluding tert-OH is 3. The average molecular weight is 390 g/mol. The molecule has 0 aromatic rings. The number of aliphatic hydroxyl groups is 3. The van der Waals surface area contributed by atoms with E-state index in [0.717, 1.165) is 0 Å². The molecule has 0 spiro atoms. The number of ether oxygens (including phenoxy) is 3. The second kappa shape index (κ2) is 11.2. The summed E-state index contributed by atoms with van der Waals surface area (Å²) in [5, 5.41) is 30.7. The van der Waals surface area contributed by atoms with Gasteiger partial charge in [0.1, 0.15) is 18.3 Å². The van der Waals surface area contributed by atoms with Gasteiger partial charge in [0.2, 0.25) is 0 Å². The van der Waals surface area contributed by atoms with Gasteiger partial charge in [-0.3, -0.25) is 14.4 Å². The number of rotatable bonds is 9. The predicted octanol–water partition coefficient (Wildman–Crippen LogP) is 0.218. The van der Waals surface area contributed by atoms with Gasteiger partial charge < -0.3 is 29.5 Å². The van der Waals surface area contributed by atoms with Crippen molar-refractivity contribution in [2.75, 3.05) is 0 Å². The molecule has 0 heterocycles. The number of hydrogen-bond acceptors (Lipinski definition) is 9. The lowest BCUT2D eigenvalue weighted by Gasteiger charge is -2.44. The molecule has 0 aromatic carbocycles. The molecule has 3 N–H and O–H groups in total. The third-order valence-electron chi connectivity index (χ3n) is 4.19. The van der Waals surface area contributed by atoms with E-state index in [9.17, 15) is 29.7 Å². The Balaban J connectivity index is 3.14. The smallest absolute Gasteiger partial charge is 0.306 e. The van der Waals surface area contributed by atoms with Crippen LogP contribution < -0.4 is 0 Å². The Bertz CT molecular complexity index is 473. The molecule has 0 radical (unpaired) electrons. The molecule has 0 amide bonds. The van der Waals surface area contributed by atoms with Crippen molar-refractivity contribution in [3.05, 3.63) is 0 Å². The summed E-state index contributed by atoms with van der Waals surface area (Å²) in [6.07, 6.45) is -7.91. The van der Waals surface area contributed by atoms with Crippen LogP contribution in [0.1, 0.15) is 59.3 Å². The maximum Gasteiger partial charge on any atom is 0.306 e. The molecule has 1 aliphatic carbocycles. The molecule has 0 bridgehead atoms. The zero-order valence-electron chi connectivity index (χ0n) is 16.0. The van der Waals surface area contributed by atoms with Gasteiger partial charge in [-0.25, -0.2) is 0 Å². The molecule has 2 unspecified atom stereocenters.